The zero-order valence-electron chi connectivity index (χ0n) is 9.16. The lowest BCUT2D eigenvalue weighted by atomic mass is 10.1. The van der Waals surface area contributed by atoms with Crippen molar-refractivity contribution in [3.8, 4) is 0 Å². The number of aliphatic imine (C=N–C) groups is 1. The molecule has 0 atom stereocenters. The number of rotatable bonds is 1. The Morgan fingerprint density at radius 1 is 1.21 bits per heavy atom. The highest BCUT2D eigenvalue weighted by molar-refractivity contribution is 5.79. The standard InChI is InChI=1S/C11H17N2.HI/c1-11(2,3)12-9-10-5-7-13(4)8-6-10;/h5-9H,1-4H3;1H/q+1;/p-1. The van der Waals surface area contributed by atoms with Crippen molar-refractivity contribution >= 4 is 6.21 Å². The highest BCUT2D eigenvalue weighted by Crippen LogP contribution is 2.05. The van der Waals surface area contributed by atoms with Gasteiger partial charge in [0.2, 0.25) is 0 Å². The van der Waals surface area contributed by atoms with E-state index >= 15 is 0 Å². The van der Waals surface area contributed by atoms with Gasteiger partial charge in [0.15, 0.2) is 12.4 Å². The van der Waals surface area contributed by atoms with Crippen LogP contribution in [0.15, 0.2) is 29.5 Å². The summed E-state index contributed by atoms with van der Waals surface area (Å²) in [4.78, 5) is 4.42. The molecule has 1 aromatic rings. The smallest absolute Gasteiger partial charge is 0.169 e. The molecule has 0 bridgehead atoms. The summed E-state index contributed by atoms with van der Waals surface area (Å²) in [5.41, 5.74) is 1.16. The third-order valence-electron chi connectivity index (χ3n) is 1.61. The van der Waals surface area contributed by atoms with Gasteiger partial charge in [-0.15, -0.1) is 0 Å². The Hall–Kier alpha value is -0.450. The van der Waals surface area contributed by atoms with Crippen LogP contribution in [-0.4, -0.2) is 11.8 Å². The molecular weight excluding hydrogens is 287 g/mol. The number of pyridine rings is 1. The lowest BCUT2D eigenvalue weighted by Crippen LogP contribution is -3.00. The maximum Gasteiger partial charge on any atom is 0.169 e. The summed E-state index contributed by atoms with van der Waals surface area (Å²) in [6, 6.07) is 4.10. The summed E-state index contributed by atoms with van der Waals surface area (Å²) in [5, 5.41) is 0. The first-order valence-corrected chi connectivity index (χ1v) is 4.48. The van der Waals surface area contributed by atoms with Gasteiger partial charge in [0.25, 0.3) is 0 Å². The second kappa shape index (κ2) is 5.44. The lowest BCUT2D eigenvalue weighted by Gasteiger charge is -2.10. The van der Waals surface area contributed by atoms with E-state index in [9.17, 15) is 0 Å². The van der Waals surface area contributed by atoms with Crippen LogP contribution in [0.1, 0.15) is 26.3 Å². The van der Waals surface area contributed by atoms with E-state index in [1.807, 2.05) is 30.2 Å². The van der Waals surface area contributed by atoms with E-state index in [0.717, 1.165) is 5.56 Å². The number of nitrogens with zero attached hydrogens (tertiary/aromatic N) is 2. The molecule has 1 rings (SSSR count). The molecule has 0 saturated carbocycles. The zero-order valence-corrected chi connectivity index (χ0v) is 11.3. The van der Waals surface area contributed by atoms with Gasteiger partial charge in [0, 0.05) is 23.9 Å². The number of hydrogen-bond acceptors (Lipinski definition) is 1. The van der Waals surface area contributed by atoms with Crippen molar-refractivity contribution < 1.29 is 28.5 Å². The molecule has 1 aromatic heterocycles. The van der Waals surface area contributed by atoms with E-state index in [0.29, 0.717) is 0 Å². The van der Waals surface area contributed by atoms with Gasteiger partial charge in [-0.25, -0.2) is 4.57 Å². The molecule has 3 heteroatoms. The maximum absolute atomic E-state index is 4.42. The van der Waals surface area contributed by atoms with Gasteiger partial charge in [-0.3, -0.25) is 4.99 Å². The molecule has 0 aliphatic heterocycles. The fourth-order valence-corrected chi connectivity index (χ4v) is 0.867. The molecule has 0 spiro atoms. The third kappa shape index (κ3) is 5.32. The molecule has 14 heavy (non-hydrogen) atoms. The molecule has 78 valence electrons. The summed E-state index contributed by atoms with van der Waals surface area (Å²) in [6.45, 7) is 6.27. The molecule has 0 radical (unpaired) electrons. The Labute approximate surface area is 103 Å². The Balaban J connectivity index is 0.00000169. The molecule has 0 aliphatic carbocycles. The fraction of sp³-hybridized carbons (Fsp3) is 0.455. The molecule has 0 aliphatic rings. The molecule has 2 nitrogen and oxygen atoms in total. The molecule has 0 amide bonds. The fourth-order valence-electron chi connectivity index (χ4n) is 0.867. The Morgan fingerprint density at radius 3 is 2.14 bits per heavy atom. The van der Waals surface area contributed by atoms with Crippen LogP contribution in [-0.2, 0) is 7.05 Å². The summed E-state index contributed by atoms with van der Waals surface area (Å²) in [7, 11) is 2.00. The molecule has 1 heterocycles. The maximum atomic E-state index is 4.42. The van der Waals surface area contributed by atoms with Crippen LogP contribution in [0.5, 0.6) is 0 Å². The predicted octanol–water partition coefficient (Wildman–Crippen LogP) is -1.27. The molecule has 0 saturated heterocycles. The van der Waals surface area contributed by atoms with Crippen molar-refractivity contribution in [3.05, 3.63) is 30.1 Å². The van der Waals surface area contributed by atoms with E-state index in [-0.39, 0.29) is 29.5 Å². The Kier molecular flexibility index (Phi) is 5.26. The van der Waals surface area contributed by atoms with Gasteiger partial charge in [-0.2, -0.15) is 0 Å². The van der Waals surface area contributed by atoms with Crippen LogP contribution in [0.2, 0.25) is 0 Å². The average Bonchev–Trinajstić information content (AvgIpc) is 2.02. The van der Waals surface area contributed by atoms with E-state index in [4.69, 9.17) is 0 Å². The monoisotopic (exact) mass is 304 g/mol. The quantitative estimate of drug-likeness (QED) is 0.350. The first kappa shape index (κ1) is 13.5. The molecule has 0 unspecified atom stereocenters. The normalized spacial score (nSPS) is 11.4. The number of aromatic nitrogens is 1. The van der Waals surface area contributed by atoms with Crippen LogP contribution >= 0.6 is 0 Å². The lowest BCUT2D eigenvalue weighted by molar-refractivity contribution is -0.671. The minimum absolute atomic E-state index is 0. The minimum atomic E-state index is 0. The molecule has 0 N–H and O–H groups in total. The van der Waals surface area contributed by atoms with Crippen LogP contribution in [0, 0.1) is 0 Å². The van der Waals surface area contributed by atoms with E-state index in [2.05, 4.69) is 37.9 Å². The highest BCUT2D eigenvalue weighted by atomic mass is 127. The predicted molar refractivity (Wildman–Crippen MR) is 55.0 cm³/mol. The Morgan fingerprint density at radius 2 is 1.71 bits per heavy atom. The van der Waals surface area contributed by atoms with Crippen LogP contribution < -0.4 is 28.5 Å². The second-order valence-electron chi connectivity index (χ2n) is 4.23. The van der Waals surface area contributed by atoms with Crippen LogP contribution in [0.3, 0.4) is 0 Å². The summed E-state index contributed by atoms with van der Waals surface area (Å²) in [6.07, 6.45) is 5.95. The molecular formula is C11H17IN2. The largest absolute Gasteiger partial charge is 1.00 e. The topological polar surface area (TPSA) is 16.2 Å². The first-order chi connectivity index (χ1) is 5.97. The van der Waals surface area contributed by atoms with Crippen LogP contribution in [0.4, 0.5) is 0 Å². The summed E-state index contributed by atoms with van der Waals surface area (Å²) < 4.78 is 2.01. The van der Waals surface area contributed by atoms with E-state index < -0.39 is 0 Å². The van der Waals surface area contributed by atoms with Gasteiger partial charge in [0.1, 0.15) is 7.05 Å². The molecule has 0 fully saturated rings. The summed E-state index contributed by atoms with van der Waals surface area (Å²) >= 11 is 0. The van der Waals surface area contributed by atoms with Crippen molar-refractivity contribution in [2.24, 2.45) is 12.0 Å². The van der Waals surface area contributed by atoms with E-state index in [1.54, 1.807) is 0 Å². The van der Waals surface area contributed by atoms with Gasteiger partial charge < -0.3 is 24.0 Å². The molecule has 0 aromatic carbocycles. The Bertz CT molecular complexity index is 296. The summed E-state index contributed by atoms with van der Waals surface area (Å²) in [5.74, 6) is 0. The highest BCUT2D eigenvalue weighted by Gasteiger charge is 2.04. The van der Waals surface area contributed by atoms with Crippen molar-refractivity contribution in [2.45, 2.75) is 26.3 Å². The number of hydrogen-bond donors (Lipinski definition) is 0. The van der Waals surface area contributed by atoms with Crippen molar-refractivity contribution in [3.63, 3.8) is 0 Å². The van der Waals surface area contributed by atoms with Crippen molar-refractivity contribution in [2.75, 3.05) is 0 Å². The van der Waals surface area contributed by atoms with Gasteiger partial charge in [-0.05, 0) is 20.8 Å². The second-order valence-corrected chi connectivity index (χ2v) is 4.23. The first-order valence-electron chi connectivity index (χ1n) is 4.48. The van der Waals surface area contributed by atoms with Crippen molar-refractivity contribution in [1.82, 2.24) is 0 Å². The van der Waals surface area contributed by atoms with Gasteiger partial charge in [0.05, 0.1) is 5.54 Å². The minimum Gasteiger partial charge on any atom is -1.00 e. The number of halogens is 1. The van der Waals surface area contributed by atoms with Gasteiger partial charge >= 0.3 is 0 Å². The van der Waals surface area contributed by atoms with Crippen molar-refractivity contribution in [1.29, 1.82) is 0 Å². The van der Waals surface area contributed by atoms with Crippen LogP contribution in [0.25, 0.3) is 0 Å². The SMILES string of the molecule is C[n+]1ccc(C=NC(C)(C)C)cc1.[I-]. The van der Waals surface area contributed by atoms with E-state index in [1.165, 1.54) is 0 Å². The van der Waals surface area contributed by atoms with Gasteiger partial charge in [-0.1, -0.05) is 0 Å². The number of aryl methyl sites for hydroxylation is 1. The average molecular weight is 304 g/mol. The zero-order chi connectivity index (χ0) is 9.90. The third-order valence-corrected chi connectivity index (χ3v) is 1.61.